The monoisotopic (exact) mass is 275 g/mol. The zero-order valence-electron chi connectivity index (χ0n) is 12.5. The molecule has 2 unspecified atom stereocenters. The lowest BCUT2D eigenvalue weighted by Crippen LogP contribution is -2.44. The van der Waals surface area contributed by atoms with Gasteiger partial charge in [0.1, 0.15) is 5.82 Å². The zero-order chi connectivity index (χ0) is 13.9. The van der Waals surface area contributed by atoms with Gasteiger partial charge in [-0.05, 0) is 36.8 Å². The molecule has 1 saturated carbocycles. The molecule has 4 heteroatoms. The van der Waals surface area contributed by atoms with Crippen molar-refractivity contribution in [3.05, 3.63) is 23.9 Å². The second kappa shape index (κ2) is 6.10. The van der Waals surface area contributed by atoms with Crippen LogP contribution < -0.4 is 10.2 Å². The van der Waals surface area contributed by atoms with E-state index in [1.54, 1.807) is 0 Å². The first-order valence-corrected chi connectivity index (χ1v) is 7.72. The zero-order valence-corrected chi connectivity index (χ0v) is 12.5. The van der Waals surface area contributed by atoms with Gasteiger partial charge in [-0.2, -0.15) is 0 Å². The Morgan fingerprint density at radius 2 is 2.20 bits per heavy atom. The Kier molecular flexibility index (Phi) is 4.22. The first-order chi connectivity index (χ1) is 9.76. The van der Waals surface area contributed by atoms with Gasteiger partial charge in [0, 0.05) is 39.0 Å². The third-order valence-electron chi connectivity index (χ3n) is 4.50. The normalized spacial score (nSPS) is 26.8. The van der Waals surface area contributed by atoms with E-state index in [0.29, 0.717) is 12.0 Å². The van der Waals surface area contributed by atoms with E-state index in [9.17, 15) is 0 Å². The van der Waals surface area contributed by atoms with Crippen LogP contribution in [0.4, 0.5) is 5.82 Å². The van der Waals surface area contributed by atoms with Crippen molar-refractivity contribution in [1.82, 2.24) is 10.3 Å². The molecule has 1 aliphatic carbocycles. The molecule has 20 heavy (non-hydrogen) atoms. The van der Waals surface area contributed by atoms with Crippen molar-refractivity contribution in [2.24, 2.45) is 5.92 Å². The Bertz CT molecular complexity index is 430. The first kappa shape index (κ1) is 13.8. The summed E-state index contributed by atoms with van der Waals surface area (Å²) in [5.74, 6) is 1.72. The lowest BCUT2D eigenvalue weighted by Gasteiger charge is -2.36. The molecule has 4 nitrogen and oxygen atoms in total. The SMILES string of the molecule is COC1CN(c2ccc(CNC3CC3)cn2)CCC1C. The maximum absolute atomic E-state index is 5.57. The molecule has 0 amide bonds. The number of ether oxygens (including phenoxy) is 1. The van der Waals surface area contributed by atoms with Crippen molar-refractivity contribution < 1.29 is 4.74 Å². The van der Waals surface area contributed by atoms with E-state index in [1.807, 2.05) is 13.3 Å². The van der Waals surface area contributed by atoms with E-state index < -0.39 is 0 Å². The predicted octanol–water partition coefficient (Wildman–Crippen LogP) is 2.19. The summed E-state index contributed by atoms with van der Waals surface area (Å²) in [7, 11) is 1.81. The number of nitrogens with zero attached hydrogens (tertiary/aromatic N) is 2. The smallest absolute Gasteiger partial charge is 0.128 e. The molecule has 110 valence electrons. The number of nitrogens with one attached hydrogen (secondary N) is 1. The highest BCUT2D eigenvalue weighted by Gasteiger charge is 2.26. The van der Waals surface area contributed by atoms with E-state index in [2.05, 4.69) is 34.3 Å². The van der Waals surface area contributed by atoms with Gasteiger partial charge in [-0.15, -0.1) is 0 Å². The second-order valence-electron chi connectivity index (χ2n) is 6.17. The molecule has 3 rings (SSSR count). The van der Waals surface area contributed by atoms with Crippen molar-refractivity contribution in [3.63, 3.8) is 0 Å². The topological polar surface area (TPSA) is 37.4 Å². The summed E-state index contributed by atoms with van der Waals surface area (Å²) in [6.45, 7) is 5.24. The van der Waals surface area contributed by atoms with Crippen LogP contribution in [0, 0.1) is 5.92 Å². The van der Waals surface area contributed by atoms with E-state index in [-0.39, 0.29) is 0 Å². The highest BCUT2D eigenvalue weighted by molar-refractivity contribution is 5.40. The molecular weight excluding hydrogens is 250 g/mol. The van der Waals surface area contributed by atoms with Crippen LogP contribution in [0.3, 0.4) is 0 Å². The van der Waals surface area contributed by atoms with Crippen molar-refractivity contribution in [1.29, 1.82) is 0 Å². The summed E-state index contributed by atoms with van der Waals surface area (Å²) in [6.07, 6.45) is 6.16. The van der Waals surface area contributed by atoms with Gasteiger partial charge in [0.25, 0.3) is 0 Å². The average Bonchev–Trinajstić information content (AvgIpc) is 3.30. The summed E-state index contributed by atoms with van der Waals surface area (Å²) in [6, 6.07) is 5.09. The summed E-state index contributed by atoms with van der Waals surface area (Å²) in [5, 5.41) is 3.52. The van der Waals surface area contributed by atoms with Gasteiger partial charge in [-0.3, -0.25) is 0 Å². The molecule has 1 saturated heterocycles. The molecule has 1 aromatic heterocycles. The maximum Gasteiger partial charge on any atom is 0.128 e. The van der Waals surface area contributed by atoms with Crippen LogP contribution >= 0.6 is 0 Å². The predicted molar refractivity (Wildman–Crippen MR) is 80.9 cm³/mol. The average molecular weight is 275 g/mol. The maximum atomic E-state index is 5.57. The van der Waals surface area contributed by atoms with Gasteiger partial charge in [0.2, 0.25) is 0 Å². The fourth-order valence-electron chi connectivity index (χ4n) is 2.81. The molecule has 0 spiro atoms. The largest absolute Gasteiger partial charge is 0.379 e. The molecule has 1 aromatic rings. The summed E-state index contributed by atoms with van der Waals surface area (Å²) in [5.41, 5.74) is 1.27. The Labute approximate surface area is 121 Å². The van der Waals surface area contributed by atoms with Crippen molar-refractivity contribution in [2.75, 3.05) is 25.1 Å². The Morgan fingerprint density at radius 3 is 2.85 bits per heavy atom. The van der Waals surface area contributed by atoms with Crippen LogP contribution in [0.15, 0.2) is 18.3 Å². The standard InChI is InChI=1S/C16H25N3O/c1-12-7-8-19(11-15(12)20-2)16-6-3-13(10-18-16)9-17-14-4-5-14/h3,6,10,12,14-15,17H,4-5,7-9,11H2,1-2H3. The molecule has 1 aliphatic heterocycles. The molecule has 0 radical (unpaired) electrons. The lowest BCUT2D eigenvalue weighted by molar-refractivity contribution is 0.0496. The molecule has 2 fully saturated rings. The molecular formula is C16H25N3O. The minimum atomic E-state index is 0.321. The van der Waals surface area contributed by atoms with E-state index in [1.165, 1.54) is 24.8 Å². The highest BCUT2D eigenvalue weighted by atomic mass is 16.5. The van der Waals surface area contributed by atoms with Crippen molar-refractivity contribution in [3.8, 4) is 0 Å². The number of hydrogen-bond acceptors (Lipinski definition) is 4. The van der Waals surface area contributed by atoms with Gasteiger partial charge >= 0.3 is 0 Å². The van der Waals surface area contributed by atoms with Crippen LogP contribution in [0.5, 0.6) is 0 Å². The molecule has 1 N–H and O–H groups in total. The third-order valence-corrected chi connectivity index (χ3v) is 4.50. The fraction of sp³-hybridized carbons (Fsp3) is 0.688. The van der Waals surface area contributed by atoms with Crippen LogP contribution in [0.2, 0.25) is 0 Å². The van der Waals surface area contributed by atoms with Crippen molar-refractivity contribution >= 4 is 5.82 Å². The Balaban J connectivity index is 1.58. The summed E-state index contributed by atoms with van der Waals surface area (Å²) >= 11 is 0. The van der Waals surface area contributed by atoms with Crippen molar-refractivity contribution in [2.45, 2.75) is 44.9 Å². The Morgan fingerprint density at radius 1 is 1.35 bits per heavy atom. The number of hydrogen-bond donors (Lipinski definition) is 1. The van der Waals surface area contributed by atoms with Crippen LogP contribution in [-0.4, -0.2) is 37.3 Å². The quantitative estimate of drug-likeness (QED) is 0.894. The Hall–Kier alpha value is -1.13. The molecule has 0 bridgehead atoms. The molecule has 2 heterocycles. The first-order valence-electron chi connectivity index (χ1n) is 7.72. The number of rotatable bonds is 5. The van der Waals surface area contributed by atoms with E-state index >= 15 is 0 Å². The van der Waals surface area contributed by atoms with Gasteiger partial charge in [0.15, 0.2) is 0 Å². The van der Waals surface area contributed by atoms with Gasteiger partial charge in [-0.25, -0.2) is 4.98 Å². The van der Waals surface area contributed by atoms with Gasteiger partial charge in [0.05, 0.1) is 6.10 Å². The second-order valence-corrected chi connectivity index (χ2v) is 6.17. The fourth-order valence-corrected chi connectivity index (χ4v) is 2.81. The molecule has 2 atom stereocenters. The van der Waals surface area contributed by atoms with Gasteiger partial charge < -0.3 is 15.0 Å². The van der Waals surface area contributed by atoms with Crippen LogP contribution in [-0.2, 0) is 11.3 Å². The van der Waals surface area contributed by atoms with E-state index in [0.717, 1.165) is 31.5 Å². The van der Waals surface area contributed by atoms with Crippen LogP contribution in [0.25, 0.3) is 0 Å². The molecule has 0 aromatic carbocycles. The summed E-state index contributed by atoms with van der Waals surface area (Å²) in [4.78, 5) is 6.96. The third kappa shape index (κ3) is 3.30. The number of anilines is 1. The number of piperidine rings is 1. The molecule has 2 aliphatic rings. The lowest BCUT2D eigenvalue weighted by atomic mass is 9.96. The van der Waals surface area contributed by atoms with Gasteiger partial charge in [-0.1, -0.05) is 13.0 Å². The summed E-state index contributed by atoms with van der Waals surface area (Å²) < 4.78 is 5.57. The highest BCUT2D eigenvalue weighted by Crippen LogP contribution is 2.24. The number of aromatic nitrogens is 1. The van der Waals surface area contributed by atoms with E-state index in [4.69, 9.17) is 4.74 Å². The number of pyridine rings is 1. The number of methoxy groups -OCH3 is 1. The van der Waals surface area contributed by atoms with Crippen LogP contribution in [0.1, 0.15) is 31.7 Å². The minimum absolute atomic E-state index is 0.321. The minimum Gasteiger partial charge on any atom is -0.379 e.